The van der Waals surface area contributed by atoms with Crippen LogP contribution in [0.1, 0.15) is 63.9 Å². The van der Waals surface area contributed by atoms with Crippen LogP contribution < -0.4 is 10.6 Å². The summed E-state index contributed by atoms with van der Waals surface area (Å²) in [4.78, 5) is 27.6. The second-order valence-corrected chi connectivity index (χ2v) is 11.5. The van der Waals surface area contributed by atoms with E-state index in [1.54, 1.807) is 24.3 Å². The van der Waals surface area contributed by atoms with Crippen molar-refractivity contribution in [1.82, 2.24) is 5.32 Å². The summed E-state index contributed by atoms with van der Waals surface area (Å²) < 4.78 is 0. The Morgan fingerprint density at radius 3 is 2.44 bits per heavy atom. The highest BCUT2D eigenvalue weighted by atomic mass is 35.5. The average molecular weight is 495 g/mol. The highest BCUT2D eigenvalue weighted by Gasteiger charge is 2.34. The molecule has 1 heterocycles. The Morgan fingerprint density at radius 2 is 1.74 bits per heavy atom. The topological polar surface area (TPSA) is 58.2 Å². The van der Waals surface area contributed by atoms with Crippen LogP contribution in [0.2, 0.25) is 5.02 Å². The SMILES string of the molecule is CC(C)(C)C1CCc2c(sc(NC(=O)c3ccccc3Cl)c2C(=O)NCCc2ccccc2)C1. The normalized spacial score (nSPS) is 15.5. The minimum atomic E-state index is -0.296. The average Bonchev–Trinajstić information content (AvgIpc) is 3.16. The molecule has 0 saturated heterocycles. The second-order valence-electron chi connectivity index (χ2n) is 9.94. The van der Waals surface area contributed by atoms with E-state index < -0.39 is 0 Å². The zero-order valence-electron chi connectivity index (χ0n) is 19.9. The predicted molar refractivity (Wildman–Crippen MR) is 141 cm³/mol. The monoisotopic (exact) mass is 494 g/mol. The number of fused-ring (bicyclic) bond motifs is 1. The summed E-state index contributed by atoms with van der Waals surface area (Å²) in [7, 11) is 0. The predicted octanol–water partition coefficient (Wildman–Crippen LogP) is 6.78. The minimum Gasteiger partial charge on any atom is -0.352 e. The maximum absolute atomic E-state index is 13.4. The molecule has 1 aromatic heterocycles. The molecule has 4 rings (SSSR count). The number of benzene rings is 2. The van der Waals surface area contributed by atoms with Crippen molar-refractivity contribution in [1.29, 1.82) is 0 Å². The zero-order valence-corrected chi connectivity index (χ0v) is 21.5. The number of thiophene rings is 1. The first kappa shape index (κ1) is 24.5. The Labute approximate surface area is 210 Å². The van der Waals surface area contributed by atoms with Gasteiger partial charge in [0.2, 0.25) is 0 Å². The number of amides is 2. The van der Waals surface area contributed by atoms with Crippen molar-refractivity contribution in [2.45, 2.75) is 46.5 Å². The Bertz CT molecular complexity index is 1180. The lowest BCUT2D eigenvalue weighted by Gasteiger charge is -2.33. The lowest BCUT2D eigenvalue weighted by atomic mass is 9.72. The van der Waals surface area contributed by atoms with Crippen molar-refractivity contribution in [2.24, 2.45) is 11.3 Å². The molecule has 0 aliphatic heterocycles. The summed E-state index contributed by atoms with van der Waals surface area (Å²) in [5.74, 6) is 0.117. The second kappa shape index (κ2) is 10.3. The van der Waals surface area contributed by atoms with Gasteiger partial charge in [0.1, 0.15) is 5.00 Å². The summed E-state index contributed by atoms with van der Waals surface area (Å²) in [5, 5.41) is 7.09. The molecule has 34 heavy (non-hydrogen) atoms. The fraction of sp³-hybridized carbons (Fsp3) is 0.357. The highest BCUT2D eigenvalue weighted by Crippen LogP contribution is 2.44. The fourth-order valence-electron chi connectivity index (χ4n) is 4.52. The number of rotatable bonds is 6. The van der Waals surface area contributed by atoms with Crippen LogP contribution in [0.3, 0.4) is 0 Å². The number of carbonyl (C=O) groups excluding carboxylic acids is 2. The van der Waals surface area contributed by atoms with Crippen LogP contribution in [0.25, 0.3) is 0 Å². The van der Waals surface area contributed by atoms with Gasteiger partial charge in [0.25, 0.3) is 11.8 Å². The van der Waals surface area contributed by atoms with Crippen LogP contribution in [0.4, 0.5) is 5.00 Å². The minimum absolute atomic E-state index is 0.128. The molecule has 0 saturated carbocycles. The number of hydrogen-bond acceptors (Lipinski definition) is 3. The van der Waals surface area contributed by atoms with E-state index in [4.69, 9.17) is 11.6 Å². The van der Waals surface area contributed by atoms with Gasteiger partial charge in [-0.1, -0.05) is 74.8 Å². The van der Waals surface area contributed by atoms with E-state index in [0.29, 0.717) is 33.6 Å². The molecule has 1 unspecified atom stereocenters. The van der Waals surface area contributed by atoms with Crippen LogP contribution >= 0.6 is 22.9 Å². The van der Waals surface area contributed by atoms with Crippen molar-refractivity contribution in [3.05, 3.63) is 86.8 Å². The zero-order chi connectivity index (χ0) is 24.3. The van der Waals surface area contributed by atoms with E-state index in [1.165, 1.54) is 21.8 Å². The van der Waals surface area contributed by atoms with Gasteiger partial charge in [-0.25, -0.2) is 0 Å². The van der Waals surface area contributed by atoms with E-state index in [9.17, 15) is 9.59 Å². The molecule has 6 heteroatoms. The molecular formula is C28H31ClN2O2S. The molecule has 178 valence electrons. The molecule has 0 fully saturated rings. The summed E-state index contributed by atoms with van der Waals surface area (Å²) >= 11 is 7.78. The molecule has 1 aliphatic rings. The van der Waals surface area contributed by atoms with Crippen LogP contribution in [0.5, 0.6) is 0 Å². The van der Waals surface area contributed by atoms with Gasteiger partial charge in [-0.05, 0) is 60.3 Å². The molecule has 0 bridgehead atoms. The lowest BCUT2D eigenvalue weighted by Crippen LogP contribution is -2.29. The largest absolute Gasteiger partial charge is 0.352 e. The molecule has 0 radical (unpaired) electrons. The van der Waals surface area contributed by atoms with E-state index >= 15 is 0 Å². The maximum atomic E-state index is 13.4. The lowest BCUT2D eigenvalue weighted by molar-refractivity contribution is 0.0954. The molecule has 2 amide bonds. The molecule has 1 atom stereocenters. The van der Waals surface area contributed by atoms with Crippen molar-refractivity contribution < 1.29 is 9.59 Å². The molecule has 2 aromatic carbocycles. The number of halogens is 1. The number of hydrogen-bond donors (Lipinski definition) is 2. The van der Waals surface area contributed by atoms with Gasteiger partial charge in [0, 0.05) is 11.4 Å². The smallest absolute Gasteiger partial charge is 0.257 e. The number of anilines is 1. The van der Waals surface area contributed by atoms with Crippen molar-refractivity contribution in [3.63, 3.8) is 0 Å². The van der Waals surface area contributed by atoms with E-state index in [0.717, 1.165) is 31.2 Å². The quantitative estimate of drug-likeness (QED) is 0.397. The van der Waals surface area contributed by atoms with Gasteiger partial charge in [0.05, 0.1) is 16.1 Å². The highest BCUT2D eigenvalue weighted by molar-refractivity contribution is 7.17. The van der Waals surface area contributed by atoms with Crippen molar-refractivity contribution >= 4 is 39.8 Å². The maximum Gasteiger partial charge on any atom is 0.257 e. The van der Waals surface area contributed by atoms with Crippen LogP contribution in [0, 0.1) is 11.3 Å². The molecule has 2 N–H and O–H groups in total. The first-order valence-electron chi connectivity index (χ1n) is 11.8. The first-order valence-corrected chi connectivity index (χ1v) is 13.0. The Hall–Kier alpha value is -2.63. The first-order chi connectivity index (χ1) is 16.2. The van der Waals surface area contributed by atoms with Gasteiger partial charge in [-0.15, -0.1) is 11.3 Å². The Kier molecular flexibility index (Phi) is 7.44. The van der Waals surface area contributed by atoms with Crippen molar-refractivity contribution in [3.8, 4) is 0 Å². The van der Waals surface area contributed by atoms with Gasteiger partial charge >= 0.3 is 0 Å². The van der Waals surface area contributed by atoms with E-state index in [1.807, 2.05) is 18.2 Å². The third-order valence-electron chi connectivity index (χ3n) is 6.60. The molecule has 4 nitrogen and oxygen atoms in total. The summed E-state index contributed by atoms with van der Waals surface area (Å²) in [5.41, 5.74) is 3.47. The standard InChI is InChI=1S/C28H31ClN2O2S/c1-28(2,3)19-13-14-21-23(17-19)34-27(31-25(32)20-11-7-8-12-22(20)29)24(21)26(33)30-16-15-18-9-5-4-6-10-18/h4-12,19H,13-17H2,1-3H3,(H,30,33)(H,31,32). The van der Waals surface area contributed by atoms with E-state index in [-0.39, 0.29) is 17.2 Å². The third-order valence-corrected chi connectivity index (χ3v) is 8.10. The third kappa shape index (κ3) is 5.53. The van der Waals surface area contributed by atoms with Crippen LogP contribution in [-0.4, -0.2) is 18.4 Å². The van der Waals surface area contributed by atoms with Gasteiger partial charge in [-0.2, -0.15) is 0 Å². The number of nitrogens with one attached hydrogen (secondary N) is 2. The molecule has 0 spiro atoms. The molecular weight excluding hydrogens is 464 g/mol. The summed E-state index contributed by atoms with van der Waals surface area (Å²) in [6.07, 6.45) is 3.56. The number of carbonyl (C=O) groups is 2. The van der Waals surface area contributed by atoms with E-state index in [2.05, 4.69) is 43.5 Å². The Morgan fingerprint density at radius 1 is 1.03 bits per heavy atom. The van der Waals surface area contributed by atoms with Gasteiger partial charge in [-0.3, -0.25) is 9.59 Å². The molecule has 1 aliphatic carbocycles. The summed E-state index contributed by atoms with van der Waals surface area (Å²) in [6.45, 7) is 7.35. The van der Waals surface area contributed by atoms with Gasteiger partial charge in [0.15, 0.2) is 0 Å². The van der Waals surface area contributed by atoms with Gasteiger partial charge < -0.3 is 10.6 Å². The van der Waals surface area contributed by atoms with Crippen LogP contribution in [-0.2, 0) is 19.3 Å². The van der Waals surface area contributed by atoms with Crippen molar-refractivity contribution in [2.75, 3.05) is 11.9 Å². The summed E-state index contributed by atoms with van der Waals surface area (Å²) in [6, 6.07) is 17.1. The fourth-order valence-corrected chi connectivity index (χ4v) is 6.06. The molecule has 3 aromatic rings. The van der Waals surface area contributed by atoms with Crippen LogP contribution in [0.15, 0.2) is 54.6 Å². The Balaban J connectivity index is 1.59.